The molecule has 3 amide bonds. The number of nitrogens with zero attached hydrogens (tertiary/aromatic N) is 1. The number of nitrogens with one attached hydrogen (secondary N) is 2. The Morgan fingerprint density at radius 3 is 2.64 bits per heavy atom. The zero-order valence-corrected chi connectivity index (χ0v) is 17.3. The van der Waals surface area contributed by atoms with Crippen LogP contribution in [0.25, 0.3) is 0 Å². The first-order valence-corrected chi connectivity index (χ1v) is 9.67. The molecule has 0 radical (unpaired) electrons. The first-order valence-electron chi connectivity index (χ1n) is 8.22. The molecule has 0 bridgehead atoms. The Labute approximate surface area is 179 Å². The minimum atomic E-state index is -1.09. The highest BCUT2D eigenvalue weighted by molar-refractivity contribution is 14.1. The lowest BCUT2D eigenvalue weighted by Crippen LogP contribution is -2.30. The van der Waals surface area contributed by atoms with Crippen molar-refractivity contribution < 1.29 is 19.5 Å². The summed E-state index contributed by atoms with van der Waals surface area (Å²) in [6.07, 6.45) is 1.40. The molecule has 144 valence electrons. The smallest absolute Gasteiger partial charge is 0.333 e. The lowest BCUT2D eigenvalue weighted by atomic mass is 10.1. The van der Waals surface area contributed by atoms with Crippen LogP contribution in [0.3, 0.4) is 0 Å². The highest BCUT2D eigenvalue weighted by Crippen LogP contribution is 2.25. The second-order valence-corrected chi connectivity index (χ2v) is 7.52. The monoisotopic (exact) mass is 511 g/mol. The summed E-state index contributed by atoms with van der Waals surface area (Å²) in [5.41, 5.74) is 1.06. The minimum Gasteiger partial charge on any atom is -0.480 e. The van der Waals surface area contributed by atoms with E-state index >= 15 is 0 Å². The predicted molar refractivity (Wildman–Crippen MR) is 114 cm³/mol. The molecule has 1 atom stereocenters. The van der Waals surface area contributed by atoms with E-state index in [0.29, 0.717) is 16.4 Å². The van der Waals surface area contributed by atoms with Crippen LogP contribution in [-0.2, 0) is 9.59 Å². The Morgan fingerprint density at radius 2 is 1.96 bits per heavy atom. The summed E-state index contributed by atoms with van der Waals surface area (Å²) >= 11 is 8.04. The van der Waals surface area contributed by atoms with Crippen molar-refractivity contribution in [2.45, 2.75) is 12.5 Å². The lowest BCUT2D eigenvalue weighted by Gasteiger charge is -2.16. The van der Waals surface area contributed by atoms with Crippen molar-refractivity contribution in [1.29, 1.82) is 0 Å². The van der Waals surface area contributed by atoms with Gasteiger partial charge in [0, 0.05) is 14.3 Å². The zero-order valence-electron chi connectivity index (χ0n) is 14.4. The fourth-order valence-corrected chi connectivity index (χ4v) is 3.30. The number of halogens is 2. The normalized spacial score (nSPS) is 16.2. The summed E-state index contributed by atoms with van der Waals surface area (Å²) < 4.78 is 0.807. The molecule has 7 nitrogen and oxygen atoms in total. The van der Waals surface area contributed by atoms with Crippen LogP contribution in [0, 0.1) is 3.57 Å². The quantitative estimate of drug-likeness (QED) is 0.311. The topological polar surface area (TPSA) is 98.7 Å². The molecule has 1 aliphatic heterocycles. The average Bonchev–Trinajstić information content (AvgIpc) is 2.95. The molecule has 3 rings (SSSR count). The number of urea groups is 1. The van der Waals surface area contributed by atoms with E-state index < -0.39 is 23.9 Å². The van der Waals surface area contributed by atoms with Crippen molar-refractivity contribution in [2.75, 3.05) is 10.2 Å². The number of hydrogen-bond donors (Lipinski definition) is 3. The van der Waals surface area contributed by atoms with Crippen molar-refractivity contribution in [3.63, 3.8) is 0 Å². The Bertz CT molecular complexity index is 965. The Morgan fingerprint density at radius 1 is 1.25 bits per heavy atom. The van der Waals surface area contributed by atoms with Crippen LogP contribution in [0.5, 0.6) is 0 Å². The van der Waals surface area contributed by atoms with Crippen LogP contribution in [0.1, 0.15) is 6.42 Å². The van der Waals surface area contributed by atoms with Crippen LogP contribution in [0.2, 0.25) is 5.02 Å². The largest absolute Gasteiger partial charge is 0.480 e. The van der Waals surface area contributed by atoms with Crippen molar-refractivity contribution in [1.82, 2.24) is 5.32 Å². The van der Waals surface area contributed by atoms with Crippen LogP contribution in [0.4, 0.5) is 16.2 Å². The fraction of sp³-hybridized carbons (Fsp3) is 0.105. The molecule has 0 spiro atoms. The first kappa shape index (κ1) is 20.2. The Balaban J connectivity index is 1.77. The maximum atomic E-state index is 12.5. The lowest BCUT2D eigenvalue weighted by molar-refractivity contribution is -0.137. The Kier molecular flexibility index (Phi) is 6.20. The number of aliphatic carboxylic acids is 1. The number of hydrogen-bond acceptors (Lipinski definition) is 4. The third kappa shape index (κ3) is 4.45. The molecule has 1 fully saturated rings. The van der Waals surface area contributed by atoms with E-state index in [1.165, 1.54) is 6.08 Å². The van der Waals surface area contributed by atoms with E-state index in [9.17, 15) is 19.5 Å². The highest BCUT2D eigenvalue weighted by atomic mass is 127. The number of rotatable bonds is 6. The summed E-state index contributed by atoms with van der Waals surface area (Å²) in [7, 11) is 0. The van der Waals surface area contributed by atoms with E-state index in [2.05, 4.69) is 33.2 Å². The van der Waals surface area contributed by atoms with Crippen molar-refractivity contribution in [2.24, 2.45) is 0 Å². The van der Waals surface area contributed by atoms with E-state index in [1.807, 2.05) is 0 Å². The van der Waals surface area contributed by atoms with Gasteiger partial charge in [-0.3, -0.25) is 4.79 Å². The van der Waals surface area contributed by atoms with Gasteiger partial charge < -0.3 is 15.7 Å². The van der Waals surface area contributed by atoms with E-state index in [4.69, 9.17) is 11.6 Å². The van der Waals surface area contributed by atoms with Gasteiger partial charge in [0.15, 0.2) is 0 Å². The van der Waals surface area contributed by atoms with E-state index in [-0.39, 0.29) is 12.1 Å². The summed E-state index contributed by atoms with van der Waals surface area (Å²) in [5.74, 6) is -1.62. The van der Waals surface area contributed by atoms with Crippen LogP contribution >= 0.6 is 34.2 Å². The van der Waals surface area contributed by atoms with Crippen LogP contribution < -0.4 is 15.5 Å². The number of anilines is 2. The maximum absolute atomic E-state index is 12.5. The van der Waals surface area contributed by atoms with Gasteiger partial charge in [-0.25, -0.2) is 14.5 Å². The van der Waals surface area contributed by atoms with Gasteiger partial charge >= 0.3 is 12.0 Å². The molecule has 0 aromatic heterocycles. The molecule has 0 aliphatic carbocycles. The minimum absolute atomic E-state index is 0.0120. The predicted octanol–water partition coefficient (Wildman–Crippen LogP) is 3.84. The molecule has 1 saturated heterocycles. The van der Waals surface area contributed by atoms with Crippen molar-refractivity contribution >= 4 is 63.5 Å². The number of imide groups is 1. The molecule has 1 aliphatic rings. The van der Waals surface area contributed by atoms with E-state index in [0.717, 1.165) is 8.47 Å². The second kappa shape index (κ2) is 8.61. The van der Waals surface area contributed by atoms with Gasteiger partial charge in [0.2, 0.25) is 0 Å². The Hall–Kier alpha value is -2.59. The molecule has 3 N–H and O–H groups in total. The first-order chi connectivity index (χ1) is 13.4. The van der Waals surface area contributed by atoms with E-state index in [1.54, 1.807) is 48.5 Å². The molecule has 1 unspecified atom stereocenters. The molecule has 2 aromatic rings. The average molecular weight is 512 g/mol. The SMILES string of the molecule is O=C(O)C(CC=C1NC(=O)N(c2ccccc2)C1=O)Nc1cc(Cl)ccc1I. The van der Waals surface area contributed by atoms with Gasteiger partial charge in [-0.1, -0.05) is 35.9 Å². The summed E-state index contributed by atoms with van der Waals surface area (Å²) in [4.78, 5) is 37.3. The van der Waals surface area contributed by atoms with Gasteiger partial charge in [-0.15, -0.1) is 0 Å². The number of para-hydroxylation sites is 1. The van der Waals surface area contributed by atoms with Crippen molar-refractivity contribution in [3.8, 4) is 0 Å². The number of carbonyl (C=O) groups excluding carboxylic acids is 2. The van der Waals surface area contributed by atoms with Crippen LogP contribution in [-0.4, -0.2) is 29.1 Å². The number of carboxylic acids is 1. The number of amides is 3. The summed E-state index contributed by atoms with van der Waals surface area (Å²) in [6, 6.07) is 12.0. The van der Waals surface area contributed by atoms with Gasteiger partial charge in [0.25, 0.3) is 5.91 Å². The van der Waals surface area contributed by atoms with Gasteiger partial charge in [0.05, 0.1) is 5.69 Å². The zero-order chi connectivity index (χ0) is 20.3. The number of benzene rings is 2. The second-order valence-electron chi connectivity index (χ2n) is 5.92. The highest BCUT2D eigenvalue weighted by Gasteiger charge is 2.35. The molecular formula is C19H15ClIN3O4. The van der Waals surface area contributed by atoms with Crippen molar-refractivity contribution in [3.05, 3.63) is 68.9 Å². The molecule has 2 aromatic carbocycles. The molecule has 9 heteroatoms. The summed E-state index contributed by atoms with van der Waals surface area (Å²) in [6.45, 7) is 0. The standard InChI is InChI=1S/C19H15ClIN3O4/c20-11-6-7-13(21)16(10-11)22-15(18(26)27)9-8-14-17(25)24(19(28)23-14)12-4-2-1-3-5-12/h1-8,10,15,22H,9H2,(H,23,28)(H,26,27). The molecule has 1 heterocycles. The van der Waals surface area contributed by atoms with Gasteiger partial charge in [-0.2, -0.15) is 0 Å². The van der Waals surface area contributed by atoms with Crippen LogP contribution in [0.15, 0.2) is 60.3 Å². The van der Waals surface area contributed by atoms with Gasteiger partial charge in [-0.05, 0) is 59.3 Å². The fourth-order valence-electron chi connectivity index (χ4n) is 2.64. The van der Waals surface area contributed by atoms with Gasteiger partial charge in [0.1, 0.15) is 11.7 Å². The number of carboxylic acid groups (broad SMARTS) is 1. The molecule has 0 saturated carbocycles. The third-order valence-corrected chi connectivity index (χ3v) is 5.18. The maximum Gasteiger partial charge on any atom is 0.333 e. The third-order valence-electron chi connectivity index (χ3n) is 4.01. The number of carbonyl (C=O) groups is 3. The molecular weight excluding hydrogens is 497 g/mol. The molecule has 28 heavy (non-hydrogen) atoms. The summed E-state index contributed by atoms with van der Waals surface area (Å²) in [5, 5.41) is 15.4.